The summed E-state index contributed by atoms with van der Waals surface area (Å²) in [7, 11) is 1.52. The van der Waals surface area contributed by atoms with E-state index in [9.17, 15) is 4.39 Å². The molecule has 0 aromatic heterocycles. The number of hydrogen-bond donors (Lipinski definition) is 2. The summed E-state index contributed by atoms with van der Waals surface area (Å²) >= 11 is 0. The number of nitrogens with two attached hydrogens (primary N) is 1. The van der Waals surface area contributed by atoms with E-state index in [1.807, 2.05) is 0 Å². The molecule has 0 saturated heterocycles. The number of hydrazine groups is 1. The van der Waals surface area contributed by atoms with Crippen LogP contribution in [-0.4, -0.2) is 7.11 Å². The first-order chi connectivity index (χ1) is 8.13. The molecular formula is C13H21FN2O. The molecule has 1 aromatic rings. The Kier molecular flexibility index (Phi) is 5.38. The summed E-state index contributed by atoms with van der Waals surface area (Å²) in [5.41, 5.74) is 3.29. The van der Waals surface area contributed by atoms with Crippen LogP contribution in [0.1, 0.15) is 38.3 Å². The van der Waals surface area contributed by atoms with Gasteiger partial charge in [-0.15, -0.1) is 0 Å². The summed E-state index contributed by atoms with van der Waals surface area (Å²) in [5, 5.41) is 0. The minimum atomic E-state index is -0.282. The van der Waals surface area contributed by atoms with Gasteiger partial charge in [0.1, 0.15) is 11.6 Å². The fourth-order valence-electron chi connectivity index (χ4n) is 2.07. The highest BCUT2D eigenvalue weighted by molar-refractivity contribution is 5.31. The van der Waals surface area contributed by atoms with Gasteiger partial charge in [-0.3, -0.25) is 11.3 Å². The lowest BCUT2D eigenvalue weighted by molar-refractivity contribution is 0.355. The maximum Gasteiger partial charge on any atom is 0.131 e. The van der Waals surface area contributed by atoms with Crippen LogP contribution in [0.25, 0.3) is 0 Å². The van der Waals surface area contributed by atoms with Gasteiger partial charge in [0.25, 0.3) is 0 Å². The normalized spacial score (nSPS) is 14.4. The second-order valence-electron chi connectivity index (χ2n) is 4.30. The van der Waals surface area contributed by atoms with E-state index < -0.39 is 0 Å². The van der Waals surface area contributed by atoms with Crippen LogP contribution in [0.4, 0.5) is 4.39 Å². The van der Waals surface area contributed by atoms with Crippen LogP contribution >= 0.6 is 0 Å². The monoisotopic (exact) mass is 240 g/mol. The fourth-order valence-corrected chi connectivity index (χ4v) is 2.07. The number of ether oxygens (including phenoxy) is 1. The first-order valence-electron chi connectivity index (χ1n) is 5.93. The minimum absolute atomic E-state index is 0.166. The molecule has 0 radical (unpaired) electrons. The van der Waals surface area contributed by atoms with E-state index in [4.69, 9.17) is 10.6 Å². The van der Waals surface area contributed by atoms with Crippen molar-refractivity contribution in [3.63, 3.8) is 0 Å². The second kappa shape index (κ2) is 6.57. The van der Waals surface area contributed by atoms with Crippen LogP contribution in [0, 0.1) is 11.7 Å². The Labute approximate surface area is 102 Å². The highest BCUT2D eigenvalue weighted by atomic mass is 19.1. The largest absolute Gasteiger partial charge is 0.497 e. The lowest BCUT2D eigenvalue weighted by atomic mass is 9.91. The van der Waals surface area contributed by atoms with Crippen LogP contribution in [0.3, 0.4) is 0 Å². The van der Waals surface area contributed by atoms with Gasteiger partial charge >= 0.3 is 0 Å². The SMILES string of the molecule is CCCC(C)C(NN)c1ccc(OC)cc1F. The van der Waals surface area contributed by atoms with Crippen molar-refractivity contribution < 1.29 is 9.13 Å². The average Bonchev–Trinajstić information content (AvgIpc) is 2.32. The quantitative estimate of drug-likeness (QED) is 0.593. The summed E-state index contributed by atoms with van der Waals surface area (Å²) < 4.78 is 18.9. The molecule has 0 fully saturated rings. The first kappa shape index (κ1) is 13.9. The fraction of sp³-hybridized carbons (Fsp3) is 0.538. The Morgan fingerprint density at radius 1 is 1.47 bits per heavy atom. The predicted octanol–water partition coefficient (Wildman–Crippen LogP) is 2.77. The van der Waals surface area contributed by atoms with E-state index in [0.717, 1.165) is 12.8 Å². The van der Waals surface area contributed by atoms with Gasteiger partial charge < -0.3 is 4.74 Å². The summed E-state index contributed by atoms with van der Waals surface area (Å²) in [6.07, 6.45) is 2.05. The molecular weight excluding hydrogens is 219 g/mol. The zero-order valence-corrected chi connectivity index (χ0v) is 10.7. The van der Waals surface area contributed by atoms with Crippen LogP contribution < -0.4 is 16.0 Å². The van der Waals surface area contributed by atoms with Gasteiger partial charge in [-0.25, -0.2) is 4.39 Å². The van der Waals surface area contributed by atoms with Crippen molar-refractivity contribution in [2.75, 3.05) is 7.11 Å². The highest BCUT2D eigenvalue weighted by Gasteiger charge is 2.20. The van der Waals surface area contributed by atoms with Crippen molar-refractivity contribution in [1.82, 2.24) is 5.43 Å². The van der Waals surface area contributed by atoms with Crippen molar-refractivity contribution in [1.29, 1.82) is 0 Å². The molecule has 1 aromatic carbocycles. The lowest BCUT2D eigenvalue weighted by Crippen LogP contribution is -2.33. The Balaban J connectivity index is 2.95. The topological polar surface area (TPSA) is 47.3 Å². The number of methoxy groups -OCH3 is 1. The molecule has 0 bridgehead atoms. The van der Waals surface area contributed by atoms with Gasteiger partial charge in [-0.2, -0.15) is 0 Å². The molecule has 0 saturated carbocycles. The van der Waals surface area contributed by atoms with E-state index in [1.54, 1.807) is 12.1 Å². The Morgan fingerprint density at radius 3 is 2.65 bits per heavy atom. The summed E-state index contributed by atoms with van der Waals surface area (Å²) in [5.74, 6) is 6.05. The predicted molar refractivity (Wildman–Crippen MR) is 67.1 cm³/mol. The Morgan fingerprint density at radius 2 is 2.18 bits per heavy atom. The van der Waals surface area contributed by atoms with E-state index in [-0.39, 0.29) is 17.8 Å². The van der Waals surface area contributed by atoms with Gasteiger partial charge in [0.2, 0.25) is 0 Å². The third-order valence-electron chi connectivity index (χ3n) is 3.04. The first-order valence-corrected chi connectivity index (χ1v) is 5.93. The molecule has 1 rings (SSSR count). The molecule has 96 valence electrons. The molecule has 3 N–H and O–H groups in total. The van der Waals surface area contributed by atoms with Crippen LogP contribution in [0.15, 0.2) is 18.2 Å². The van der Waals surface area contributed by atoms with E-state index in [1.165, 1.54) is 13.2 Å². The second-order valence-corrected chi connectivity index (χ2v) is 4.30. The van der Waals surface area contributed by atoms with Crippen molar-refractivity contribution in [2.45, 2.75) is 32.7 Å². The maximum atomic E-state index is 13.9. The summed E-state index contributed by atoms with van der Waals surface area (Å²) in [6.45, 7) is 4.17. The molecule has 17 heavy (non-hydrogen) atoms. The van der Waals surface area contributed by atoms with Crippen LogP contribution in [-0.2, 0) is 0 Å². The zero-order valence-electron chi connectivity index (χ0n) is 10.7. The third kappa shape index (κ3) is 3.41. The van der Waals surface area contributed by atoms with Crippen molar-refractivity contribution in [3.05, 3.63) is 29.6 Å². The molecule has 0 aliphatic heterocycles. The lowest BCUT2D eigenvalue weighted by Gasteiger charge is -2.24. The highest BCUT2D eigenvalue weighted by Crippen LogP contribution is 2.28. The molecule has 3 nitrogen and oxygen atoms in total. The molecule has 0 heterocycles. The van der Waals surface area contributed by atoms with Crippen LogP contribution in [0.5, 0.6) is 5.75 Å². The molecule has 0 aliphatic rings. The maximum absolute atomic E-state index is 13.9. The van der Waals surface area contributed by atoms with Gasteiger partial charge in [0, 0.05) is 11.6 Å². The molecule has 2 unspecified atom stereocenters. The number of nitrogens with one attached hydrogen (secondary N) is 1. The third-order valence-corrected chi connectivity index (χ3v) is 3.04. The van der Waals surface area contributed by atoms with E-state index >= 15 is 0 Å². The van der Waals surface area contributed by atoms with Gasteiger partial charge in [-0.05, 0) is 18.4 Å². The van der Waals surface area contributed by atoms with Crippen molar-refractivity contribution in [3.8, 4) is 5.75 Å². The average molecular weight is 240 g/mol. The smallest absolute Gasteiger partial charge is 0.131 e. The summed E-state index contributed by atoms with van der Waals surface area (Å²) in [4.78, 5) is 0. The number of benzene rings is 1. The van der Waals surface area contributed by atoms with Gasteiger partial charge in [0.05, 0.1) is 13.2 Å². The molecule has 4 heteroatoms. The van der Waals surface area contributed by atoms with Gasteiger partial charge in [-0.1, -0.05) is 26.3 Å². The Bertz CT molecular complexity index is 357. The Hall–Kier alpha value is -1.13. The zero-order chi connectivity index (χ0) is 12.8. The summed E-state index contributed by atoms with van der Waals surface area (Å²) in [6, 6.07) is 4.70. The molecule has 0 spiro atoms. The molecule has 0 aliphatic carbocycles. The van der Waals surface area contributed by atoms with E-state index in [0.29, 0.717) is 11.3 Å². The number of halogens is 1. The minimum Gasteiger partial charge on any atom is -0.497 e. The van der Waals surface area contributed by atoms with Crippen LogP contribution in [0.2, 0.25) is 0 Å². The number of hydrogen-bond acceptors (Lipinski definition) is 3. The standard InChI is InChI=1S/C13H21FN2O/c1-4-5-9(2)13(16-15)11-7-6-10(17-3)8-12(11)14/h6-9,13,16H,4-5,15H2,1-3H3. The van der Waals surface area contributed by atoms with Crippen molar-refractivity contribution >= 4 is 0 Å². The molecule has 0 amide bonds. The molecule has 2 atom stereocenters. The van der Waals surface area contributed by atoms with Gasteiger partial charge in [0.15, 0.2) is 0 Å². The number of rotatable bonds is 6. The van der Waals surface area contributed by atoms with E-state index in [2.05, 4.69) is 19.3 Å². The van der Waals surface area contributed by atoms with Crippen molar-refractivity contribution in [2.24, 2.45) is 11.8 Å².